The molecule has 1 N–H and O–H groups in total. The summed E-state index contributed by atoms with van der Waals surface area (Å²) in [4.78, 5) is 2.53. The van der Waals surface area contributed by atoms with Crippen LogP contribution in [-0.4, -0.2) is 44.8 Å². The lowest BCUT2D eigenvalue weighted by Crippen LogP contribution is -2.35. The minimum absolute atomic E-state index is 0. The fraction of sp³-hybridized carbons (Fsp3) is 0.846. The van der Waals surface area contributed by atoms with Crippen LogP contribution in [-0.2, 0) is 13.1 Å². The number of rotatable bonds is 3. The number of nitrogens with zero attached hydrogens (tertiary/aromatic N) is 4. The van der Waals surface area contributed by atoms with E-state index in [0.717, 1.165) is 37.3 Å². The Labute approximate surface area is 121 Å². The van der Waals surface area contributed by atoms with Gasteiger partial charge in [0, 0.05) is 31.7 Å². The molecular formula is C13H24ClN5. The van der Waals surface area contributed by atoms with Gasteiger partial charge in [-0.1, -0.05) is 0 Å². The summed E-state index contributed by atoms with van der Waals surface area (Å²) in [6, 6.07) is 1.45. The molecule has 0 aliphatic carbocycles. The Morgan fingerprint density at radius 2 is 2.00 bits per heavy atom. The van der Waals surface area contributed by atoms with E-state index in [9.17, 15) is 0 Å². The number of aromatic nitrogens is 3. The first-order valence-electron chi connectivity index (χ1n) is 7.13. The molecule has 2 bridgehead atoms. The maximum absolute atomic E-state index is 4.32. The molecule has 2 fully saturated rings. The molecule has 2 atom stereocenters. The van der Waals surface area contributed by atoms with Crippen LogP contribution in [0.5, 0.6) is 0 Å². The summed E-state index contributed by atoms with van der Waals surface area (Å²) in [6.07, 6.45) is 3.97. The monoisotopic (exact) mass is 285 g/mol. The van der Waals surface area contributed by atoms with E-state index in [1.165, 1.54) is 25.8 Å². The lowest BCUT2D eigenvalue weighted by Gasteiger charge is -2.23. The molecule has 3 rings (SSSR count). The first kappa shape index (κ1) is 14.8. The van der Waals surface area contributed by atoms with Crippen molar-refractivity contribution < 1.29 is 0 Å². The molecule has 1 aromatic heterocycles. The summed E-state index contributed by atoms with van der Waals surface area (Å²) in [6.45, 7) is 8.44. The first-order chi connectivity index (χ1) is 8.76. The highest BCUT2D eigenvalue weighted by Gasteiger charge is 2.29. The summed E-state index contributed by atoms with van der Waals surface area (Å²) in [5.41, 5.74) is 0. The average molecular weight is 286 g/mol. The van der Waals surface area contributed by atoms with E-state index in [1.807, 2.05) is 6.92 Å². The van der Waals surface area contributed by atoms with Gasteiger partial charge in [0.1, 0.15) is 11.6 Å². The Bertz CT molecular complexity index is 419. The predicted molar refractivity (Wildman–Crippen MR) is 77.5 cm³/mol. The molecular weight excluding hydrogens is 262 g/mol. The maximum atomic E-state index is 4.32. The van der Waals surface area contributed by atoms with Crippen molar-refractivity contribution >= 4 is 12.4 Å². The summed E-state index contributed by atoms with van der Waals surface area (Å²) < 4.78 is 2.22. The number of hydrogen-bond acceptors (Lipinski definition) is 4. The standard InChI is InChI=1S/C13H23N5.ClH/c1-3-18-10(2)15-16-13(18)9-17-7-6-11-4-5-12(8-17)14-11;/h11-12,14H,3-9H2,1-2H3;1H. The van der Waals surface area contributed by atoms with Crippen LogP contribution in [0.1, 0.15) is 37.8 Å². The van der Waals surface area contributed by atoms with Crippen LogP contribution in [0.3, 0.4) is 0 Å². The van der Waals surface area contributed by atoms with E-state index in [2.05, 4.69) is 31.9 Å². The lowest BCUT2D eigenvalue weighted by atomic mass is 10.1. The fourth-order valence-corrected chi connectivity index (χ4v) is 3.31. The summed E-state index contributed by atoms with van der Waals surface area (Å²) in [7, 11) is 0. The third-order valence-corrected chi connectivity index (χ3v) is 4.30. The summed E-state index contributed by atoms with van der Waals surface area (Å²) >= 11 is 0. The highest BCUT2D eigenvalue weighted by Crippen LogP contribution is 2.21. The molecule has 0 spiro atoms. The number of halogens is 1. The number of nitrogens with one attached hydrogen (secondary N) is 1. The zero-order valence-electron chi connectivity index (χ0n) is 11.8. The third kappa shape index (κ3) is 3.09. The van der Waals surface area contributed by atoms with Crippen molar-refractivity contribution in [2.45, 2.75) is 58.3 Å². The zero-order chi connectivity index (χ0) is 12.5. The van der Waals surface area contributed by atoms with Gasteiger partial charge in [-0.2, -0.15) is 0 Å². The van der Waals surface area contributed by atoms with Crippen LogP contribution in [0.4, 0.5) is 0 Å². The highest BCUT2D eigenvalue weighted by atomic mass is 35.5. The van der Waals surface area contributed by atoms with Crippen molar-refractivity contribution in [3.05, 3.63) is 11.6 Å². The van der Waals surface area contributed by atoms with Crippen molar-refractivity contribution in [2.24, 2.45) is 0 Å². The van der Waals surface area contributed by atoms with Gasteiger partial charge in [0.05, 0.1) is 6.54 Å². The largest absolute Gasteiger partial charge is 0.314 e. The SMILES string of the molecule is CCn1c(C)nnc1CN1CCC2CCC(C1)N2.Cl. The van der Waals surface area contributed by atoms with E-state index < -0.39 is 0 Å². The highest BCUT2D eigenvalue weighted by molar-refractivity contribution is 5.85. The molecule has 0 radical (unpaired) electrons. The molecule has 2 saturated heterocycles. The van der Waals surface area contributed by atoms with Crippen LogP contribution in [0.15, 0.2) is 0 Å². The Morgan fingerprint density at radius 3 is 2.79 bits per heavy atom. The topological polar surface area (TPSA) is 46.0 Å². The number of fused-ring (bicyclic) bond motifs is 2. The molecule has 2 aliphatic heterocycles. The van der Waals surface area contributed by atoms with Gasteiger partial charge in [-0.15, -0.1) is 22.6 Å². The average Bonchev–Trinajstić information content (AvgIpc) is 2.86. The van der Waals surface area contributed by atoms with Gasteiger partial charge in [-0.05, 0) is 33.1 Å². The Balaban J connectivity index is 0.00000133. The number of hydrogen-bond donors (Lipinski definition) is 1. The van der Waals surface area contributed by atoms with Gasteiger partial charge in [0.2, 0.25) is 0 Å². The van der Waals surface area contributed by atoms with Crippen LogP contribution in [0.2, 0.25) is 0 Å². The van der Waals surface area contributed by atoms with Crippen molar-refractivity contribution in [1.82, 2.24) is 25.0 Å². The van der Waals surface area contributed by atoms with Gasteiger partial charge in [-0.25, -0.2) is 0 Å². The van der Waals surface area contributed by atoms with Crippen molar-refractivity contribution in [3.8, 4) is 0 Å². The zero-order valence-corrected chi connectivity index (χ0v) is 12.6. The molecule has 19 heavy (non-hydrogen) atoms. The van der Waals surface area contributed by atoms with Crippen LogP contribution < -0.4 is 5.32 Å². The Kier molecular flexibility index (Phi) is 4.81. The minimum Gasteiger partial charge on any atom is -0.314 e. The Hall–Kier alpha value is -0.650. The van der Waals surface area contributed by atoms with Crippen LogP contribution >= 0.6 is 12.4 Å². The number of aryl methyl sites for hydroxylation is 1. The summed E-state index contributed by atoms with van der Waals surface area (Å²) in [5.74, 6) is 2.15. The second-order valence-electron chi connectivity index (χ2n) is 5.57. The minimum atomic E-state index is 0. The molecule has 0 aromatic carbocycles. The van der Waals surface area contributed by atoms with E-state index in [-0.39, 0.29) is 12.4 Å². The maximum Gasteiger partial charge on any atom is 0.147 e. The molecule has 0 amide bonds. The normalized spacial score (nSPS) is 27.1. The molecule has 5 nitrogen and oxygen atoms in total. The van der Waals surface area contributed by atoms with Crippen LogP contribution in [0.25, 0.3) is 0 Å². The molecule has 2 aliphatic rings. The molecule has 3 heterocycles. The second-order valence-corrected chi connectivity index (χ2v) is 5.57. The van der Waals surface area contributed by atoms with Crippen molar-refractivity contribution in [3.63, 3.8) is 0 Å². The molecule has 108 valence electrons. The molecule has 1 aromatic rings. The van der Waals surface area contributed by atoms with Crippen molar-refractivity contribution in [2.75, 3.05) is 13.1 Å². The van der Waals surface area contributed by atoms with Gasteiger partial charge in [0.25, 0.3) is 0 Å². The molecule has 0 saturated carbocycles. The van der Waals surface area contributed by atoms with Crippen molar-refractivity contribution in [1.29, 1.82) is 0 Å². The molecule has 6 heteroatoms. The first-order valence-corrected chi connectivity index (χ1v) is 7.13. The number of likely N-dealkylation sites (tertiary alicyclic amines) is 1. The fourth-order valence-electron chi connectivity index (χ4n) is 3.31. The third-order valence-electron chi connectivity index (χ3n) is 4.30. The summed E-state index contributed by atoms with van der Waals surface area (Å²) in [5, 5.41) is 12.2. The Morgan fingerprint density at radius 1 is 1.21 bits per heavy atom. The van der Waals surface area contributed by atoms with E-state index >= 15 is 0 Å². The smallest absolute Gasteiger partial charge is 0.147 e. The van der Waals surface area contributed by atoms with Gasteiger partial charge in [0.15, 0.2) is 0 Å². The van der Waals surface area contributed by atoms with E-state index in [4.69, 9.17) is 0 Å². The quantitative estimate of drug-likeness (QED) is 0.911. The van der Waals surface area contributed by atoms with Gasteiger partial charge < -0.3 is 9.88 Å². The van der Waals surface area contributed by atoms with Gasteiger partial charge >= 0.3 is 0 Å². The van der Waals surface area contributed by atoms with Crippen LogP contribution in [0, 0.1) is 6.92 Å². The second kappa shape index (κ2) is 6.20. The van der Waals surface area contributed by atoms with E-state index in [1.54, 1.807) is 0 Å². The molecule has 2 unspecified atom stereocenters. The van der Waals surface area contributed by atoms with Gasteiger partial charge in [-0.3, -0.25) is 4.90 Å². The van der Waals surface area contributed by atoms with E-state index in [0.29, 0.717) is 6.04 Å². The predicted octanol–water partition coefficient (Wildman–Crippen LogP) is 1.35. The lowest BCUT2D eigenvalue weighted by molar-refractivity contribution is 0.241.